The van der Waals surface area contributed by atoms with Crippen molar-refractivity contribution in [2.75, 3.05) is 11.4 Å². The van der Waals surface area contributed by atoms with Crippen molar-refractivity contribution in [3.8, 4) is 6.07 Å². The van der Waals surface area contributed by atoms with E-state index in [4.69, 9.17) is 5.26 Å². The van der Waals surface area contributed by atoms with E-state index < -0.39 is 22.8 Å². The molecule has 1 unspecified atom stereocenters. The van der Waals surface area contributed by atoms with Crippen molar-refractivity contribution >= 4 is 5.69 Å². The fourth-order valence-corrected chi connectivity index (χ4v) is 3.38. The molecule has 1 fully saturated rings. The van der Waals surface area contributed by atoms with Crippen LogP contribution in [0.25, 0.3) is 0 Å². The number of nitrogens with zero attached hydrogens (tertiary/aromatic N) is 2. The van der Waals surface area contributed by atoms with E-state index in [1.807, 2.05) is 25.7 Å². The number of anilines is 1. The number of halogens is 2. The SMILES string of the molecule is CCC1(O)CCN(c2cc(F)c(C#N)c(F)c2)[C@H]1C(C)C. The molecule has 0 aromatic heterocycles. The van der Waals surface area contributed by atoms with E-state index in [0.717, 1.165) is 0 Å². The Balaban J connectivity index is 2.45. The molecule has 0 radical (unpaired) electrons. The van der Waals surface area contributed by atoms with Crippen LogP contribution in [0.15, 0.2) is 12.1 Å². The predicted octanol–water partition coefficient (Wildman–Crippen LogP) is 3.21. The van der Waals surface area contributed by atoms with Crippen LogP contribution in [-0.2, 0) is 0 Å². The summed E-state index contributed by atoms with van der Waals surface area (Å²) in [5, 5.41) is 19.5. The summed E-state index contributed by atoms with van der Waals surface area (Å²) in [5.74, 6) is -1.58. The third-order valence-electron chi connectivity index (χ3n) is 4.39. The summed E-state index contributed by atoms with van der Waals surface area (Å²) >= 11 is 0. The highest BCUT2D eigenvalue weighted by Gasteiger charge is 2.46. The van der Waals surface area contributed by atoms with Crippen molar-refractivity contribution in [3.63, 3.8) is 0 Å². The van der Waals surface area contributed by atoms with Crippen molar-refractivity contribution in [1.29, 1.82) is 5.26 Å². The van der Waals surface area contributed by atoms with Gasteiger partial charge in [-0.2, -0.15) is 5.26 Å². The maximum absolute atomic E-state index is 13.8. The lowest BCUT2D eigenvalue weighted by Crippen LogP contribution is -2.48. The summed E-state index contributed by atoms with van der Waals surface area (Å²) in [6, 6.07) is 3.68. The molecule has 0 bridgehead atoms. The van der Waals surface area contributed by atoms with Gasteiger partial charge in [-0.1, -0.05) is 20.8 Å². The second-order valence-corrected chi connectivity index (χ2v) is 5.99. The topological polar surface area (TPSA) is 47.3 Å². The average Bonchev–Trinajstić information content (AvgIpc) is 2.77. The normalized spacial score (nSPS) is 25.4. The maximum atomic E-state index is 13.8. The highest BCUT2D eigenvalue weighted by atomic mass is 19.1. The Bertz CT molecular complexity index is 559. The van der Waals surface area contributed by atoms with Gasteiger partial charge in [-0.25, -0.2) is 8.78 Å². The highest BCUT2D eigenvalue weighted by Crippen LogP contribution is 2.39. The lowest BCUT2D eigenvalue weighted by atomic mass is 9.84. The van der Waals surface area contributed by atoms with Crippen molar-refractivity contribution in [2.24, 2.45) is 5.92 Å². The van der Waals surface area contributed by atoms with Gasteiger partial charge in [0.25, 0.3) is 0 Å². The second-order valence-electron chi connectivity index (χ2n) is 5.99. The van der Waals surface area contributed by atoms with E-state index in [-0.39, 0.29) is 12.0 Å². The average molecular weight is 294 g/mol. The van der Waals surface area contributed by atoms with Crippen LogP contribution < -0.4 is 4.90 Å². The van der Waals surface area contributed by atoms with Gasteiger partial charge in [-0.15, -0.1) is 0 Å². The van der Waals surface area contributed by atoms with Crippen LogP contribution in [0.5, 0.6) is 0 Å². The Morgan fingerprint density at radius 3 is 2.43 bits per heavy atom. The summed E-state index contributed by atoms with van der Waals surface area (Å²) < 4.78 is 27.6. The Kier molecular flexibility index (Phi) is 4.20. The quantitative estimate of drug-likeness (QED) is 0.931. The van der Waals surface area contributed by atoms with Crippen molar-refractivity contribution < 1.29 is 13.9 Å². The van der Waals surface area contributed by atoms with Crippen LogP contribution in [0.3, 0.4) is 0 Å². The van der Waals surface area contributed by atoms with Gasteiger partial charge in [0, 0.05) is 12.2 Å². The number of nitriles is 1. The minimum Gasteiger partial charge on any atom is -0.388 e. The Labute approximate surface area is 123 Å². The first-order chi connectivity index (χ1) is 9.84. The van der Waals surface area contributed by atoms with Crippen LogP contribution in [0.2, 0.25) is 0 Å². The summed E-state index contributed by atoms with van der Waals surface area (Å²) in [4.78, 5) is 1.85. The molecule has 0 amide bonds. The van der Waals surface area contributed by atoms with Gasteiger partial charge >= 0.3 is 0 Å². The zero-order chi connectivity index (χ0) is 15.8. The van der Waals surface area contributed by atoms with Crippen molar-refractivity contribution in [1.82, 2.24) is 0 Å². The molecule has 114 valence electrons. The number of rotatable bonds is 3. The number of hydrogen-bond donors (Lipinski definition) is 1. The maximum Gasteiger partial charge on any atom is 0.146 e. The third kappa shape index (κ3) is 2.60. The molecule has 1 N–H and O–H groups in total. The Morgan fingerprint density at radius 2 is 2.00 bits per heavy atom. The van der Waals surface area contributed by atoms with Crippen LogP contribution in [-0.4, -0.2) is 23.3 Å². The van der Waals surface area contributed by atoms with Crippen LogP contribution in [0, 0.1) is 28.9 Å². The lowest BCUT2D eigenvalue weighted by molar-refractivity contribution is 0.0148. The predicted molar refractivity (Wildman–Crippen MR) is 76.9 cm³/mol. The zero-order valence-electron chi connectivity index (χ0n) is 12.5. The monoisotopic (exact) mass is 294 g/mol. The molecule has 1 aliphatic rings. The van der Waals surface area contributed by atoms with E-state index in [2.05, 4.69) is 0 Å². The third-order valence-corrected chi connectivity index (χ3v) is 4.39. The molecular formula is C16H20F2N2O. The molecule has 5 heteroatoms. The molecule has 1 aromatic carbocycles. The van der Waals surface area contributed by atoms with Gasteiger partial charge in [-0.3, -0.25) is 0 Å². The number of benzene rings is 1. The van der Waals surface area contributed by atoms with Gasteiger partial charge in [-0.05, 0) is 30.9 Å². The second kappa shape index (κ2) is 5.61. The summed E-state index contributed by atoms with van der Waals surface area (Å²) in [7, 11) is 0. The summed E-state index contributed by atoms with van der Waals surface area (Å²) in [5.41, 5.74) is -1.04. The molecule has 2 rings (SSSR count). The van der Waals surface area contributed by atoms with Crippen molar-refractivity contribution in [3.05, 3.63) is 29.3 Å². The minimum atomic E-state index is -0.859. The molecule has 1 heterocycles. The minimum absolute atomic E-state index is 0.138. The fraction of sp³-hybridized carbons (Fsp3) is 0.562. The largest absolute Gasteiger partial charge is 0.388 e. The molecule has 1 saturated heterocycles. The molecule has 21 heavy (non-hydrogen) atoms. The number of hydrogen-bond acceptors (Lipinski definition) is 3. The standard InChI is InChI=1S/C16H20F2N2O/c1-4-16(21)5-6-20(15(16)10(2)3)11-7-13(17)12(9-19)14(18)8-11/h7-8,10,15,21H,4-6H2,1-3H3/t15-,16?/m0/s1. The molecular weight excluding hydrogens is 274 g/mol. The fourth-order valence-electron chi connectivity index (χ4n) is 3.38. The zero-order valence-corrected chi connectivity index (χ0v) is 12.5. The van der Waals surface area contributed by atoms with E-state index in [9.17, 15) is 13.9 Å². The highest BCUT2D eigenvalue weighted by molar-refractivity contribution is 5.54. The van der Waals surface area contributed by atoms with E-state index in [0.29, 0.717) is 25.1 Å². The Morgan fingerprint density at radius 1 is 1.43 bits per heavy atom. The van der Waals surface area contributed by atoms with E-state index in [1.54, 1.807) is 0 Å². The van der Waals surface area contributed by atoms with Gasteiger partial charge in [0.2, 0.25) is 0 Å². The number of aliphatic hydroxyl groups is 1. The first-order valence-electron chi connectivity index (χ1n) is 7.22. The van der Waals surface area contributed by atoms with Crippen LogP contribution in [0.4, 0.5) is 14.5 Å². The van der Waals surface area contributed by atoms with Gasteiger partial charge in [0.05, 0.1) is 11.6 Å². The first kappa shape index (κ1) is 15.7. The van der Waals surface area contributed by atoms with Gasteiger partial charge < -0.3 is 10.0 Å². The molecule has 3 nitrogen and oxygen atoms in total. The smallest absolute Gasteiger partial charge is 0.146 e. The molecule has 0 aliphatic carbocycles. The van der Waals surface area contributed by atoms with Crippen molar-refractivity contribution in [2.45, 2.75) is 45.3 Å². The first-order valence-corrected chi connectivity index (χ1v) is 7.22. The van der Waals surface area contributed by atoms with E-state index >= 15 is 0 Å². The molecule has 0 saturated carbocycles. The molecule has 0 spiro atoms. The van der Waals surface area contributed by atoms with Crippen LogP contribution in [0.1, 0.15) is 39.2 Å². The summed E-state index contributed by atoms with van der Waals surface area (Å²) in [6.45, 7) is 6.43. The van der Waals surface area contributed by atoms with Crippen LogP contribution >= 0.6 is 0 Å². The molecule has 1 aromatic rings. The lowest BCUT2D eigenvalue weighted by Gasteiger charge is -2.37. The van der Waals surface area contributed by atoms with Gasteiger partial charge in [0.15, 0.2) is 0 Å². The molecule has 1 aliphatic heterocycles. The Hall–Kier alpha value is -1.67. The van der Waals surface area contributed by atoms with Gasteiger partial charge in [0.1, 0.15) is 23.3 Å². The van der Waals surface area contributed by atoms with E-state index in [1.165, 1.54) is 18.2 Å². The molecule has 2 atom stereocenters. The summed E-state index contributed by atoms with van der Waals surface area (Å²) in [6.07, 6.45) is 1.16.